The van der Waals surface area contributed by atoms with E-state index in [1.165, 1.54) is 11.8 Å². The van der Waals surface area contributed by atoms with Gasteiger partial charge < -0.3 is 20.1 Å². The SMILES string of the molecule is CCOc1cc(/C=C2\SC(Nc3cc(Cl)ccc3C)NC2=O)cc(I)c1OCc1ccc(Br)cc1. The Balaban J connectivity index is 1.51. The van der Waals surface area contributed by atoms with Gasteiger partial charge in [0.2, 0.25) is 0 Å². The Kier molecular flexibility index (Phi) is 8.91. The number of carbonyl (C=O) groups is 1. The molecule has 0 aliphatic carbocycles. The average molecular weight is 686 g/mol. The number of benzene rings is 3. The maximum atomic E-state index is 12.6. The monoisotopic (exact) mass is 684 g/mol. The van der Waals surface area contributed by atoms with Gasteiger partial charge in [0, 0.05) is 15.2 Å². The first-order valence-corrected chi connectivity index (χ1v) is 14.0. The summed E-state index contributed by atoms with van der Waals surface area (Å²) >= 11 is 13.3. The van der Waals surface area contributed by atoms with Gasteiger partial charge in [-0.25, -0.2) is 0 Å². The molecule has 1 heterocycles. The fourth-order valence-electron chi connectivity index (χ4n) is 3.42. The summed E-state index contributed by atoms with van der Waals surface area (Å²) in [6.45, 7) is 4.86. The zero-order chi connectivity index (χ0) is 24.9. The first-order valence-electron chi connectivity index (χ1n) is 10.9. The van der Waals surface area contributed by atoms with Crippen LogP contribution in [0, 0.1) is 10.5 Å². The zero-order valence-electron chi connectivity index (χ0n) is 19.0. The van der Waals surface area contributed by atoms with Crippen molar-refractivity contribution in [2.75, 3.05) is 11.9 Å². The molecular formula is C26H23BrClIN2O3S. The van der Waals surface area contributed by atoms with E-state index in [4.69, 9.17) is 21.1 Å². The van der Waals surface area contributed by atoms with Crippen LogP contribution in [0.2, 0.25) is 5.02 Å². The Labute approximate surface area is 236 Å². The number of halogens is 3. The lowest BCUT2D eigenvalue weighted by Crippen LogP contribution is -2.31. The molecule has 0 bridgehead atoms. The summed E-state index contributed by atoms with van der Waals surface area (Å²) in [6, 6.07) is 17.6. The van der Waals surface area contributed by atoms with E-state index in [1.54, 1.807) is 0 Å². The number of aryl methyl sites for hydroxylation is 1. The van der Waals surface area contributed by atoms with Gasteiger partial charge in [0.1, 0.15) is 6.61 Å². The molecule has 0 saturated carbocycles. The van der Waals surface area contributed by atoms with Gasteiger partial charge in [0.25, 0.3) is 5.91 Å². The van der Waals surface area contributed by atoms with Crippen molar-refractivity contribution >= 4 is 79.6 Å². The normalized spacial score (nSPS) is 16.3. The van der Waals surface area contributed by atoms with Crippen molar-refractivity contribution in [3.8, 4) is 11.5 Å². The third-order valence-electron chi connectivity index (χ3n) is 5.14. The highest BCUT2D eigenvalue weighted by Crippen LogP contribution is 2.37. The molecule has 1 aliphatic heterocycles. The standard InChI is InChI=1S/C26H23BrClIN2O3S/c1-3-33-22-11-17(10-20(29)24(22)34-14-16-5-7-18(27)8-6-16)12-23-25(32)31-26(35-23)30-21-13-19(28)9-4-15(21)2/h4-13,26,30H,3,14H2,1-2H3,(H,31,32)/b23-12-. The topological polar surface area (TPSA) is 59.6 Å². The van der Waals surface area contributed by atoms with E-state index in [2.05, 4.69) is 49.2 Å². The van der Waals surface area contributed by atoms with Crippen molar-refractivity contribution in [3.63, 3.8) is 0 Å². The molecule has 0 spiro atoms. The molecule has 35 heavy (non-hydrogen) atoms. The Bertz CT molecular complexity index is 1270. The van der Waals surface area contributed by atoms with Crippen molar-refractivity contribution in [2.24, 2.45) is 0 Å². The molecule has 1 amide bonds. The molecule has 2 N–H and O–H groups in total. The van der Waals surface area contributed by atoms with Crippen LogP contribution in [-0.4, -0.2) is 18.0 Å². The Morgan fingerprint density at radius 2 is 1.94 bits per heavy atom. The third kappa shape index (κ3) is 6.87. The van der Waals surface area contributed by atoms with Crippen LogP contribution in [0.3, 0.4) is 0 Å². The predicted molar refractivity (Wildman–Crippen MR) is 156 cm³/mol. The second-order valence-electron chi connectivity index (χ2n) is 7.76. The van der Waals surface area contributed by atoms with Crippen molar-refractivity contribution in [1.82, 2.24) is 5.32 Å². The molecule has 1 unspecified atom stereocenters. The number of thioether (sulfide) groups is 1. The van der Waals surface area contributed by atoms with Gasteiger partial charge in [-0.1, -0.05) is 57.5 Å². The van der Waals surface area contributed by atoms with Gasteiger partial charge in [0.15, 0.2) is 17.0 Å². The summed E-state index contributed by atoms with van der Waals surface area (Å²) in [5, 5.41) is 6.95. The molecule has 0 radical (unpaired) electrons. The fraction of sp³-hybridized carbons (Fsp3) is 0.192. The molecule has 9 heteroatoms. The van der Waals surface area contributed by atoms with E-state index >= 15 is 0 Å². The maximum Gasteiger partial charge on any atom is 0.260 e. The highest BCUT2D eigenvalue weighted by molar-refractivity contribution is 14.1. The second kappa shape index (κ2) is 11.9. The third-order valence-corrected chi connectivity index (χ3v) is 7.74. The summed E-state index contributed by atoms with van der Waals surface area (Å²) in [4.78, 5) is 13.3. The highest BCUT2D eigenvalue weighted by Gasteiger charge is 2.27. The molecule has 1 aliphatic rings. The molecule has 1 saturated heterocycles. The summed E-state index contributed by atoms with van der Waals surface area (Å²) in [6.07, 6.45) is 1.87. The van der Waals surface area contributed by atoms with E-state index in [9.17, 15) is 4.79 Å². The predicted octanol–water partition coefficient (Wildman–Crippen LogP) is 7.59. The Morgan fingerprint density at radius 1 is 1.17 bits per heavy atom. The van der Waals surface area contributed by atoms with Crippen LogP contribution in [0.5, 0.6) is 11.5 Å². The van der Waals surface area contributed by atoms with Gasteiger partial charge >= 0.3 is 0 Å². The number of carbonyl (C=O) groups excluding carboxylic acids is 1. The summed E-state index contributed by atoms with van der Waals surface area (Å²) < 4.78 is 13.9. The van der Waals surface area contributed by atoms with Crippen LogP contribution in [0.4, 0.5) is 5.69 Å². The quantitative estimate of drug-likeness (QED) is 0.189. The van der Waals surface area contributed by atoms with Gasteiger partial charge in [0.05, 0.1) is 15.1 Å². The van der Waals surface area contributed by atoms with Crippen molar-refractivity contribution in [1.29, 1.82) is 0 Å². The lowest BCUT2D eigenvalue weighted by molar-refractivity contribution is -0.116. The maximum absolute atomic E-state index is 12.6. The Morgan fingerprint density at radius 3 is 2.69 bits per heavy atom. The van der Waals surface area contributed by atoms with Gasteiger partial charge in [-0.15, -0.1) is 0 Å². The van der Waals surface area contributed by atoms with Crippen molar-refractivity contribution in [2.45, 2.75) is 26.0 Å². The van der Waals surface area contributed by atoms with Crippen molar-refractivity contribution in [3.05, 3.63) is 89.3 Å². The summed E-state index contributed by atoms with van der Waals surface area (Å²) in [5.41, 5.74) is 3.58. The number of hydrogen-bond donors (Lipinski definition) is 2. The van der Waals surface area contributed by atoms with E-state index in [0.717, 1.165) is 30.4 Å². The number of ether oxygens (including phenoxy) is 2. The van der Waals surface area contributed by atoms with Crippen molar-refractivity contribution < 1.29 is 14.3 Å². The van der Waals surface area contributed by atoms with E-state index < -0.39 is 0 Å². The minimum Gasteiger partial charge on any atom is -0.490 e. The molecule has 0 aromatic heterocycles. The lowest BCUT2D eigenvalue weighted by Gasteiger charge is -2.15. The fourth-order valence-corrected chi connectivity index (χ4v) is 5.61. The molecule has 1 atom stereocenters. The largest absolute Gasteiger partial charge is 0.490 e. The first-order chi connectivity index (χ1) is 16.8. The van der Waals surface area contributed by atoms with Gasteiger partial charge in [-0.2, -0.15) is 0 Å². The number of hydrogen-bond acceptors (Lipinski definition) is 5. The van der Waals surface area contributed by atoms with E-state index in [-0.39, 0.29) is 11.4 Å². The molecule has 3 aromatic rings. The van der Waals surface area contributed by atoms with Crippen LogP contribution in [-0.2, 0) is 11.4 Å². The number of amides is 1. The molecule has 5 nitrogen and oxygen atoms in total. The number of anilines is 1. The molecule has 3 aromatic carbocycles. The number of nitrogens with one attached hydrogen (secondary N) is 2. The minimum absolute atomic E-state index is 0.129. The zero-order valence-corrected chi connectivity index (χ0v) is 24.3. The van der Waals surface area contributed by atoms with Crippen LogP contribution in [0.25, 0.3) is 6.08 Å². The molecule has 182 valence electrons. The molecule has 4 rings (SSSR count). The van der Waals surface area contributed by atoms with E-state index in [0.29, 0.717) is 34.6 Å². The first kappa shape index (κ1) is 26.2. The smallest absolute Gasteiger partial charge is 0.260 e. The summed E-state index contributed by atoms with van der Waals surface area (Å²) in [5.74, 6) is 1.21. The lowest BCUT2D eigenvalue weighted by atomic mass is 10.1. The highest BCUT2D eigenvalue weighted by atomic mass is 127. The van der Waals surface area contributed by atoms with Crippen LogP contribution in [0.15, 0.2) is 64.0 Å². The van der Waals surface area contributed by atoms with Crippen LogP contribution < -0.4 is 20.1 Å². The minimum atomic E-state index is -0.287. The molecule has 1 fully saturated rings. The summed E-state index contributed by atoms with van der Waals surface area (Å²) in [7, 11) is 0. The number of rotatable bonds is 8. The van der Waals surface area contributed by atoms with Gasteiger partial charge in [-0.3, -0.25) is 4.79 Å². The van der Waals surface area contributed by atoms with Gasteiger partial charge in [-0.05, 0) is 95.6 Å². The molecular weight excluding hydrogens is 663 g/mol. The average Bonchev–Trinajstić information content (AvgIpc) is 3.15. The van der Waals surface area contributed by atoms with Crippen LogP contribution in [0.1, 0.15) is 23.6 Å². The van der Waals surface area contributed by atoms with E-state index in [1.807, 2.05) is 74.5 Å². The second-order valence-corrected chi connectivity index (χ2v) is 11.4. The van der Waals surface area contributed by atoms with Crippen LogP contribution >= 0.6 is 61.9 Å². The Hall–Kier alpha value is -1.88.